The van der Waals surface area contributed by atoms with Crippen molar-refractivity contribution in [3.8, 4) is 5.75 Å². The maximum atomic E-state index is 13.8. The van der Waals surface area contributed by atoms with E-state index in [0.717, 1.165) is 6.07 Å². The van der Waals surface area contributed by atoms with Gasteiger partial charge in [-0.25, -0.2) is 0 Å². The third-order valence-corrected chi connectivity index (χ3v) is 5.82. The van der Waals surface area contributed by atoms with Crippen molar-refractivity contribution < 1.29 is 32.2 Å². The smallest absolute Gasteiger partial charge is 0.416 e. The van der Waals surface area contributed by atoms with Crippen molar-refractivity contribution in [3.63, 3.8) is 0 Å². The largest absolute Gasteiger partial charge is 0.496 e. The summed E-state index contributed by atoms with van der Waals surface area (Å²) in [5.41, 5.74) is -0.145. The first-order chi connectivity index (χ1) is 16.6. The Morgan fingerprint density at radius 1 is 1.11 bits per heavy atom. The van der Waals surface area contributed by atoms with Crippen molar-refractivity contribution in [2.45, 2.75) is 32.6 Å². The second-order valence-corrected chi connectivity index (χ2v) is 8.55. The van der Waals surface area contributed by atoms with E-state index >= 15 is 0 Å². The summed E-state index contributed by atoms with van der Waals surface area (Å²) in [6, 6.07) is 9.72. The lowest BCUT2D eigenvalue weighted by molar-refractivity contribution is -0.138. The number of ether oxygens (including phenoxy) is 2. The van der Waals surface area contributed by atoms with Gasteiger partial charge in [0.15, 0.2) is 0 Å². The maximum Gasteiger partial charge on any atom is 0.416 e. The predicted octanol–water partition coefficient (Wildman–Crippen LogP) is 3.62. The number of hydrogen-bond acceptors (Lipinski definition) is 5. The Morgan fingerprint density at radius 3 is 2.43 bits per heavy atom. The molecule has 1 heterocycles. The quantitative estimate of drug-likeness (QED) is 0.587. The van der Waals surface area contributed by atoms with Crippen LogP contribution in [-0.4, -0.2) is 51.3 Å². The van der Waals surface area contributed by atoms with Crippen LogP contribution < -0.4 is 20.3 Å². The zero-order valence-electron chi connectivity index (χ0n) is 19.9. The van der Waals surface area contributed by atoms with Crippen molar-refractivity contribution in [1.82, 2.24) is 10.6 Å². The van der Waals surface area contributed by atoms with Crippen LogP contribution in [0, 0.1) is 5.92 Å². The van der Waals surface area contributed by atoms with E-state index in [1.807, 2.05) is 4.90 Å². The van der Waals surface area contributed by atoms with Crippen LogP contribution in [0.4, 0.5) is 18.9 Å². The summed E-state index contributed by atoms with van der Waals surface area (Å²) in [7, 11) is 1.43. The van der Waals surface area contributed by atoms with E-state index in [9.17, 15) is 22.8 Å². The molecule has 1 aliphatic heterocycles. The molecule has 2 amide bonds. The van der Waals surface area contributed by atoms with Crippen LogP contribution in [0.1, 0.15) is 35.3 Å². The number of para-hydroxylation sites is 1. The van der Waals surface area contributed by atoms with Crippen LogP contribution in [0.15, 0.2) is 42.5 Å². The van der Waals surface area contributed by atoms with Gasteiger partial charge in [0, 0.05) is 25.3 Å². The molecule has 7 nitrogen and oxygen atoms in total. The third-order valence-electron chi connectivity index (χ3n) is 5.82. The zero-order valence-corrected chi connectivity index (χ0v) is 19.9. The molecule has 1 fully saturated rings. The molecule has 10 heteroatoms. The van der Waals surface area contributed by atoms with E-state index in [4.69, 9.17) is 9.47 Å². The highest BCUT2D eigenvalue weighted by Crippen LogP contribution is 2.35. The maximum absolute atomic E-state index is 13.8. The minimum Gasteiger partial charge on any atom is -0.496 e. The SMILES string of the molecule is COc1ccccc1C(=O)NC(C(=O)NCc1ccc(N2CCOCC2)cc1C(F)(F)F)C(C)C. The highest BCUT2D eigenvalue weighted by atomic mass is 19.4. The minimum atomic E-state index is -4.59. The summed E-state index contributed by atoms with van der Waals surface area (Å²) in [4.78, 5) is 27.5. The van der Waals surface area contributed by atoms with Gasteiger partial charge < -0.3 is 25.0 Å². The molecule has 0 aliphatic carbocycles. The molecule has 3 rings (SSSR count). The summed E-state index contributed by atoms with van der Waals surface area (Å²) in [6.45, 7) is 5.08. The average Bonchev–Trinajstić information content (AvgIpc) is 2.85. The normalized spacial score (nSPS) is 15.0. The fraction of sp³-hybridized carbons (Fsp3) is 0.440. The van der Waals surface area contributed by atoms with E-state index < -0.39 is 29.6 Å². The second kappa shape index (κ2) is 11.4. The van der Waals surface area contributed by atoms with E-state index in [0.29, 0.717) is 37.7 Å². The van der Waals surface area contributed by atoms with Crippen LogP contribution in [0.5, 0.6) is 5.75 Å². The molecule has 1 atom stereocenters. The van der Waals surface area contributed by atoms with Crippen LogP contribution in [-0.2, 0) is 22.3 Å². The Hall–Kier alpha value is -3.27. The lowest BCUT2D eigenvalue weighted by Crippen LogP contribution is -2.49. The molecule has 0 radical (unpaired) electrons. The minimum absolute atomic E-state index is 0.0542. The Balaban J connectivity index is 1.74. The number of rotatable bonds is 8. The molecule has 190 valence electrons. The van der Waals surface area contributed by atoms with Gasteiger partial charge in [0.2, 0.25) is 5.91 Å². The number of hydrogen-bond donors (Lipinski definition) is 2. The number of halogens is 3. The first kappa shape index (κ1) is 26.3. The second-order valence-electron chi connectivity index (χ2n) is 8.55. The van der Waals surface area contributed by atoms with Gasteiger partial charge in [0.25, 0.3) is 5.91 Å². The molecule has 0 aromatic heterocycles. The van der Waals surface area contributed by atoms with E-state index in [2.05, 4.69) is 10.6 Å². The topological polar surface area (TPSA) is 79.9 Å². The number of alkyl halides is 3. The van der Waals surface area contributed by atoms with Crippen molar-refractivity contribution in [2.24, 2.45) is 5.92 Å². The van der Waals surface area contributed by atoms with Crippen molar-refractivity contribution in [2.75, 3.05) is 38.3 Å². The average molecular weight is 494 g/mol. The fourth-order valence-corrected chi connectivity index (χ4v) is 3.88. The van der Waals surface area contributed by atoms with E-state index in [1.165, 1.54) is 13.2 Å². The van der Waals surface area contributed by atoms with Gasteiger partial charge in [0.1, 0.15) is 11.8 Å². The first-order valence-electron chi connectivity index (χ1n) is 11.4. The summed E-state index contributed by atoms with van der Waals surface area (Å²) in [5, 5.41) is 5.23. The Kier molecular flexibility index (Phi) is 8.61. The first-order valence-corrected chi connectivity index (χ1v) is 11.4. The molecule has 2 aromatic carbocycles. The fourth-order valence-electron chi connectivity index (χ4n) is 3.88. The van der Waals surface area contributed by atoms with Crippen LogP contribution in [0.3, 0.4) is 0 Å². The summed E-state index contributed by atoms with van der Waals surface area (Å²) < 4.78 is 51.9. The molecule has 0 saturated carbocycles. The highest BCUT2D eigenvalue weighted by molar-refractivity contribution is 5.99. The molecule has 2 aromatic rings. The number of benzene rings is 2. The summed E-state index contributed by atoms with van der Waals surface area (Å²) in [6.07, 6.45) is -4.59. The van der Waals surface area contributed by atoms with Crippen molar-refractivity contribution >= 4 is 17.5 Å². The lowest BCUT2D eigenvalue weighted by atomic mass is 10.0. The Labute approximate surface area is 202 Å². The van der Waals surface area contributed by atoms with Gasteiger partial charge in [-0.1, -0.05) is 32.0 Å². The van der Waals surface area contributed by atoms with Gasteiger partial charge in [-0.2, -0.15) is 13.2 Å². The van der Waals surface area contributed by atoms with Gasteiger partial charge >= 0.3 is 6.18 Å². The van der Waals surface area contributed by atoms with Gasteiger partial charge in [-0.15, -0.1) is 0 Å². The molecule has 35 heavy (non-hydrogen) atoms. The van der Waals surface area contributed by atoms with Crippen molar-refractivity contribution in [3.05, 3.63) is 59.2 Å². The van der Waals surface area contributed by atoms with Gasteiger partial charge in [-0.05, 0) is 35.7 Å². The monoisotopic (exact) mass is 493 g/mol. The molecule has 1 saturated heterocycles. The summed E-state index contributed by atoms with van der Waals surface area (Å²) >= 11 is 0. The molecule has 0 spiro atoms. The van der Waals surface area contributed by atoms with Crippen molar-refractivity contribution in [1.29, 1.82) is 0 Å². The zero-order chi connectivity index (χ0) is 25.6. The number of nitrogens with zero attached hydrogens (tertiary/aromatic N) is 1. The van der Waals surface area contributed by atoms with Gasteiger partial charge in [0.05, 0.1) is 31.5 Å². The number of carbonyl (C=O) groups is 2. The predicted molar refractivity (Wildman–Crippen MR) is 125 cm³/mol. The molecule has 0 bridgehead atoms. The molecule has 1 aliphatic rings. The Morgan fingerprint density at radius 2 is 1.80 bits per heavy atom. The van der Waals surface area contributed by atoms with Crippen LogP contribution >= 0.6 is 0 Å². The van der Waals surface area contributed by atoms with Gasteiger partial charge in [-0.3, -0.25) is 9.59 Å². The lowest BCUT2D eigenvalue weighted by Gasteiger charge is -2.30. The van der Waals surface area contributed by atoms with Crippen LogP contribution in [0.2, 0.25) is 0 Å². The van der Waals surface area contributed by atoms with E-state index in [-0.39, 0.29) is 23.6 Å². The number of nitrogens with one attached hydrogen (secondary N) is 2. The van der Waals surface area contributed by atoms with E-state index in [1.54, 1.807) is 44.2 Å². The third kappa shape index (κ3) is 6.66. The molecule has 1 unspecified atom stereocenters. The number of anilines is 1. The highest BCUT2D eigenvalue weighted by Gasteiger charge is 2.34. The summed E-state index contributed by atoms with van der Waals surface area (Å²) in [5.74, 6) is -1.04. The molecular formula is C25H30F3N3O4. The number of methoxy groups -OCH3 is 1. The standard InChI is InChI=1S/C25H30F3N3O4/c1-16(2)22(30-23(32)19-6-4-5-7-21(19)34-3)24(33)29-15-17-8-9-18(14-20(17)25(26,27)28)31-10-12-35-13-11-31/h4-9,14,16,22H,10-13,15H2,1-3H3,(H,29,33)(H,30,32). The number of carbonyl (C=O) groups excluding carboxylic acids is 2. The molecular weight excluding hydrogens is 463 g/mol. The Bertz CT molecular complexity index is 1040. The molecule has 2 N–H and O–H groups in total. The van der Waals surface area contributed by atoms with Crippen LogP contribution in [0.25, 0.3) is 0 Å². The number of amides is 2. The number of morpholine rings is 1.